The molecule has 2 heteroatoms. The Morgan fingerprint density at radius 1 is 1.00 bits per heavy atom. The van der Waals surface area contributed by atoms with Gasteiger partial charge < -0.3 is 11.1 Å². The van der Waals surface area contributed by atoms with E-state index < -0.39 is 0 Å². The van der Waals surface area contributed by atoms with E-state index in [0.29, 0.717) is 6.04 Å². The summed E-state index contributed by atoms with van der Waals surface area (Å²) >= 11 is 0. The van der Waals surface area contributed by atoms with E-state index in [2.05, 4.69) is 53.8 Å². The molecule has 0 spiro atoms. The second-order valence-corrected chi connectivity index (χ2v) is 6.07. The SMILES string of the molecule is CC(NC(C)(C)C)C(N)C(C)(C)C. The van der Waals surface area contributed by atoms with Gasteiger partial charge in [0.1, 0.15) is 0 Å². The molecule has 0 aromatic rings. The molecule has 0 aliphatic rings. The standard InChI is InChI=1S/C11H26N2/c1-8(13-11(5,6)7)9(12)10(2,3)4/h8-9,13H,12H2,1-7H3. The average molecular weight is 186 g/mol. The summed E-state index contributed by atoms with van der Waals surface area (Å²) in [5.74, 6) is 0. The first kappa shape index (κ1) is 12.9. The van der Waals surface area contributed by atoms with Crippen molar-refractivity contribution in [2.75, 3.05) is 0 Å². The normalized spacial score (nSPS) is 18.5. The third-order valence-corrected chi connectivity index (χ3v) is 2.20. The van der Waals surface area contributed by atoms with Crippen molar-refractivity contribution in [2.24, 2.45) is 11.1 Å². The maximum atomic E-state index is 6.14. The van der Waals surface area contributed by atoms with Crippen molar-refractivity contribution in [3.8, 4) is 0 Å². The number of nitrogens with one attached hydrogen (secondary N) is 1. The molecular formula is C11H26N2. The predicted octanol–water partition coefficient (Wildman–Crippen LogP) is 2.14. The highest BCUT2D eigenvalue weighted by atomic mass is 15.0. The highest BCUT2D eigenvalue weighted by Crippen LogP contribution is 2.20. The van der Waals surface area contributed by atoms with E-state index in [4.69, 9.17) is 5.73 Å². The topological polar surface area (TPSA) is 38.0 Å². The van der Waals surface area contributed by atoms with E-state index in [0.717, 1.165) is 0 Å². The molecule has 0 rings (SSSR count). The summed E-state index contributed by atoms with van der Waals surface area (Å²) in [5.41, 5.74) is 6.44. The van der Waals surface area contributed by atoms with Crippen molar-refractivity contribution >= 4 is 0 Å². The van der Waals surface area contributed by atoms with Crippen LogP contribution >= 0.6 is 0 Å². The number of rotatable bonds is 2. The van der Waals surface area contributed by atoms with Crippen LogP contribution in [0.25, 0.3) is 0 Å². The van der Waals surface area contributed by atoms with Crippen molar-refractivity contribution in [1.29, 1.82) is 0 Å². The van der Waals surface area contributed by atoms with Gasteiger partial charge >= 0.3 is 0 Å². The molecule has 0 bridgehead atoms. The smallest absolute Gasteiger partial charge is 0.0241 e. The van der Waals surface area contributed by atoms with Crippen LogP contribution in [0.2, 0.25) is 0 Å². The Hall–Kier alpha value is -0.0800. The Balaban J connectivity index is 4.20. The maximum absolute atomic E-state index is 6.14. The number of hydrogen-bond donors (Lipinski definition) is 2. The van der Waals surface area contributed by atoms with Crippen molar-refractivity contribution < 1.29 is 0 Å². The largest absolute Gasteiger partial charge is 0.326 e. The molecule has 80 valence electrons. The lowest BCUT2D eigenvalue weighted by Crippen LogP contribution is -2.55. The lowest BCUT2D eigenvalue weighted by molar-refractivity contribution is 0.233. The van der Waals surface area contributed by atoms with E-state index in [1.807, 2.05) is 0 Å². The molecule has 0 saturated heterocycles. The molecule has 2 atom stereocenters. The van der Waals surface area contributed by atoms with Crippen LogP contribution in [0.3, 0.4) is 0 Å². The van der Waals surface area contributed by atoms with Crippen LogP contribution in [-0.4, -0.2) is 17.6 Å². The van der Waals surface area contributed by atoms with Gasteiger partial charge in [-0.05, 0) is 33.1 Å². The first-order chi connectivity index (χ1) is 5.54. The van der Waals surface area contributed by atoms with Gasteiger partial charge in [0.2, 0.25) is 0 Å². The Labute approximate surface area is 83.3 Å². The minimum absolute atomic E-state index is 0.141. The summed E-state index contributed by atoms with van der Waals surface area (Å²) in [7, 11) is 0. The number of nitrogens with two attached hydrogens (primary N) is 1. The minimum Gasteiger partial charge on any atom is -0.326 e. The fourth-order valence-corrected chi connectivity index (χ4v) is 1.52. The Morgan fingerprint density at radius 2 is 1.38 bits per heavy atom. The van der Waals surface area contributed by atoms with Crippen LogP contribution in [0.1, 0.15) is 48.5 Å². The summed E-state index contributed by atoms with van der Waals surface area (Å²) in [5, 5.41) is 3.50. The molecule has 0 aliphatic carbocycles. The zero-order valence-corrected chi connectivity index (χ0v) is 10.2. The summed E-state index contributed by atoms with van der Waals surface area (Å²) in [6.45, 7) is 15.2. The number of hydrogen-bond acceptors (Lipinski definition) is 2. The summed E-state index contributed by atoms with van der Waals surface area (Å²) < 4.78 is 0. The summed E-state index contributed by atoms with van der Waals surface area (Å²) in [6, 6.07) is 0.534. The summed E-state index contributed by atoms with van der Waals surface area (Å²) in [6.07, 6.45) is 0. The van der Waals surface area contributed by atoms with Crippen LogP contribution in [0, 0.1) is 5.41 Å². The van der Waals surface area contributed by atoms with E-state index in [-0.39, 0.29) is 17.0 Å². The van der Waals surface area contributed by atoms with Gasteiger partial charge in [0.25, 0.3) is 0 Å². The third-order valence-electron chi connectivity index (χ3n) is 2.20. The molecule has 0 fully saturated rings. The molecule has 0 aliphatic heterocycles. The maximum Gasteiger partial charge on any atom is 0.0241 e. The van der Waals surface area contributed by atoms with Crippen LogP contribution in [0.15, 0.2) is 0 Å². The molecule has 2 unspecified atom stereocenters. The van der Waals surface area contributed by atoms with Crippen LogP contribution in [0.4, 0.5) is 0 Å². The predicted molar refractivity (Wildman–Crippen MR) is 59.8 cm³/mol. The molecule has 13 heavy (non-hydrogen) atoms. The molecule has 2 nitrogen and oxygen atoms in total. The highest BCUT2D eigenvalue weighted by Gasteiger charge is 2.28. The zero-order chi connectivity index (χ0) is 10.9. The lowest BCUT2D eigenvalue weighted by atomic mass is 9.83. The van der Waals surface area contributed by atoms with Gasteiger partial charge in [-0.2, -0.15) is 0 Å². The molecule has 0 aromatic heterocycles. The van der Waals surface area contributed by atoms with Gasteiger partial charge in [0.05, 0.1) is 0 Å². The fraction of sp³-hybridized carbons (Fsp3) is 1.00. The average Bonchev–Trinajstić information content (AvgIpc) is 1.79. The molecular weight excluding hydrogens is 160 g/mol. The third kappa shape index (κ3) is 5.27. The van der Waals surface area contributed by atoms with E-state index in [1.165, 1.54) is 0 Å². The molecule has 0 amide bonds. The van der Waals surface area contributed by atoms with Crippen molar-refractivity contribution in [1.82, 2.24) is 5.32 Å². The summed E-state index contributed by atoms with van der Waals surface area (Å²) in [4.78, 5) is 0. The van der Waals surface area contributed by atoms with Gasteiger partial charge in [-0.1, -0.05) is 20.8 Å². The van der Waals surface area contributed by atoms with Gasteiger partial charge in [-0.15, -0.1) is 0 Å². The quantitative estimate of drug-likeness (QED) is 0.693. The molecule has 0 aromatic carbocycles. The molecule has 0 saturated carbocycles. The molecule has 0 heterocycles. The van der Waals surface area contributed by atoms with Gasteiger partial charge in [-0.3, -0.25) is 0 Å². The minimum atomic E-state index is 0.141. The van der Waals surface area contributed by atoms with E-state index >= 15 is 0 Å². The fourth-order valence-electron chi connectivity index (χ4n) is 1.52. The lowest BCUT2D eigenvalue weighted by Gasteiger charge is -2.36. The first-order valence-corrected chi connectivity index (χ1v) is 5.07. The second-order valence-electron chi connectivity index (χ2n) is 6.07. The van der Waals surface area contributed by atoms with Crippen LogP contribution in [0.5, 0.6) is 0 Å². The van der Waals surface area contributed by atoms with Crippen molar-refractivity contribution in [3.63, 3.8) is 0 Å². The van der Waals surface area contributed by atoms with Gasteiger partial charge in [0.15, 0.2) is 0 Å². The molecule has 0 radical (unpaired) electrons. The Bertz CT molecular complexity index is 150. The van der Waals surface area contributed by atoms with E-state index in [1.54, 1.807) is 0 Å². The van der Waals surface area contributed by atoms with Crippen LogP contribution in [-0.2, 0) is 0 Å². The second kappa shape index (κ2) is 3.97. The monoisotopic (exact) mass is 186 g/mol. The van der Waals surface area contributed by atoms with Crippen LogP contribution < -0.4 is 11.1 Å². The van der Waals surface area contributed by atoms with E-state index in [9.17, 15) is 0 Å². The first-order valence-electron chi connectivity index (χ1n) is 5.07. The Morgan fingerprint density at radius 3 is 1.62 bits per heavy atom. The van der Waals surface area contributed by atoms with Gasteiger partial charge in [0, 0.05) is 17.6 Å². The zero-order valence-electron chi connectivity index (χ0n) is 10.2. The Kier molecular flexibility index (Phi) is 3.95. The van der Waals surface area contributed by atoms with Gasteiger partial charge in [-0.25, -0.2) is 0 Å². The van der Waals surface area contributed by atoms with Crippen molar-refractivity contribution in [3.05, 3.63) is 0 Å². The highest BCUT2D eigenvalue weighted by molar-refractivity contribution is 4.88. The van der Waals surface area contributed by atoms with Crippen molar-refractivity contribution in [2.45, 2.75) is 66.1 Å². The molecule has 3 N–H and O–H groups in total.